The summed E-state index contributed by atoms with van der Waals surface area (Å²) < 4.78 is 8.19. The van der Waals surface area contributed by atoms with Gasteiger partial charge in [0.05, 0.1) is 0 Å². The molecular formula is C21H22N2O4V. The minimum absolute atomic E-state index is 0.167. The van der Waals surface area contributed by atoms with E-state index in [2.05, 4.69) is 9.97 Å². The molecule has 0 aliphatic rings. The van der Waals surface area contributed by atoms with Gasteiger partial charge in [-0.1, -0.05) is 36.4 Å². The van der Waals surface area contributed by atoms with Crippen LogP contribution in [0.15, 0.2) is 73.1 Å². The maximum absolute atomic E-state index is 9.31. The molecule has 0 aliphatic heterocycles. The number of aromatic nitrogens is 2. The maximum atomic E-state index is 9.31. The molecule has 3 N–H and O–H groups in total. The first-order valence-electron chi connectivity index (χ1n) is 8.41. The van der Waals surface area contributed by atoms with Crippen LogP contribution in [0.1, 0.15) is 13.8 Å². The van der Waals surface area contributed by atoms with Crippen LogP contribution in [-0.4, -0.2) is 31.4 Å². The van der Waals surface area contributed by atoms with Gasteiger partial charge in [-0.05, 0) is 38.1 Å². The molecule has 0 aliphatic carbocycles. The number of aliphatic hydroxyl groups is 1. The van der Waals surface area contributed by atoms with Crippen molar-refractivity contribution in [3.8, 4) is 11.5 Å². The summed E-state index contributed by atoms with van der Waals surface area (Å²) in [5.74, 6) is 0.478. The molecule has 0 amide bonds. The van der Waals surface area contributed by atoms with Crippen LogP contribution >= 0.6 is 0 Å². The normalized spacial score (nSPS) is 9.39. The third kappa shape index (κ3) is 7.44. The number of aliphatic hydroxyl groups excluding tert-OH is 1. The molecule has 0 unspecified atom stereocenters. The fraction of sp³-hybridized carbons (Fsp3) is 0.143. The fourth-order valence-corrected chi connectivity index (χ4v) is 2.18. The summed E-state index contributed by atoms with van der Waals surface area (Å²) in [6, 6.07) is 18.3. The van der Waals surface area contributed by atoms with Gasteiger partial charge in [-0.2, -0.15) is 0 Å². The van der Waals surface area contributed by atoms with Crippen molar-refractivity contribution in [3.63, 3.8) is 0 Å². The van der Waals surface area contributed by atoms with Gasteiger partial charge in [0.2, 0.25) is 0 Å². The standard InChI is InChI=1S/2C9H7NO.C3H8O.O.V/c2*11-8-5-1-3-7-4-2-6-10-9(7)8;1-3(2)4;;/h2*1-6,11H;3-4H,1-2H3;;. The van der Waals surface area contributed by atoms with Crippen LogP contribution in [0.3, 0.4) is 0 Å². The van der Waals surface area contributed by atoms with Gasteiger partial charge in [-0.25, -0.2) is 0 Å². The van der Waals surface area contributed by atoms with E-state index in [1.807, 2.05) is 36.4 Å². The number of hydrogen-bond acceptors (Lipinski definition) is 6. The third-order valence-corrected chi connectivity index (χ3v) is 3.22. The Kier molecular flexibility index (Phi) is 10.4. The van der Waals surface area contributed by atoms with Gasteiger partial charge < -0.3 is 15.3 Å². The Hall–Kier alpha value is -2.80. The quantitative estimate of drug-likeness (QED) is 0.397. The molecule has 0 spiro atoms. The first-order valence-corrected chi connectivity index (χ1v) is 8.98. The molecule has 7 heteroatoms. The molecule has 0 atom stereocenters. The second kappa shape index (κ2) is 12.6. The molecule has 6 nitrogen and oxygen atoms in total. The molecule has 2 heterocycles. The van der Waals surface area contributed by atoms with E-state index < -0.39 is 0 Å². The Morgan fingerprint density at radius 3 is 1.36 bits per heavy atom. The second-order valence-electron chi connectivity index (χ2n) is 5.80. The van der Waals surface area contributed by atoms with Gasteiger partial charge in [0.25, 0.3) is 0 Å². The monoisotopic (exact) mass is 417 g/mol. The van der Waals surface area contributed by atoms with Crippen LogP contribution in [-0.2, 0) is 21.0 Å². The number of rotatable bonds is 0. The number of benzene rings is 2. The Labute approximate surface area is 172 Å². The predicted molar refractivity (Wildman–Crippen MR) is 105 cm³/mol. The van der Waals surface area contributed by atoms with Crippen molar-refractivity contribution in [2.24, 2.45) is 0 Å². The topological polar surface area (TPSA) is 104 Å². The van der Waals surface area contributed by atoms with E-state index in [-0.39, 0.29) is 17.6 Å². The number of aromatic hydroxyl groups is 2. The van der Waals surface area contributed by atoms with Gasteiger partial charge in [0.1, 0.15) is 22.5 Å². The van der Waals surface area contributed by atoms with Crippen molar-refractivity contribution in [2.45, 2.75) is 20.0 Å². The summed E-state index contributed by atoms with van der Waals surface area (Å²) >= 11 is 1.06. The summed E-state index contributed by atoms with van der Waals surface area (Å²) in [7, 11) is 0. The van der Waals surface area contributed by atoms with Crippen LogP contribution in [0.25, 0.3) is 21.8 Å². The van der Waals surface area contributed by atoms with Crippen molar-refractivity contribution in [1.82, 2.24) is 9.97 Å². The Morgan fingerprint density at radius 2 is 1.04 bits per heavy atom. The number of pyridine rings is 2. The second-order valence-corrected chi connectivity index (χ2v) is 5.80. The summed E-state index contributed by atoms with van der Waals surface area (Å²) in [6.07, 6.45) is 3.17. The first kappa shape index (κ1) is 23.2. The average Bonchev–Trinajstić information content (AvgIpc) is 2.71. The molecule has 2 aromatic heterocycles. The van der Waals surface area contributed by atoms with Crippen molar-refractivity contribution in [1.29, 1.82) is 0 Å². The zero-order chi connectivity index (χ0) is 20.9. The Balaban J connectivity index is 0.000000221. The summed E-state index contributed by atoms with van der Waals surface area (Å²) in [5.41, 5.74) is 1.32. The molecule has 2 aromatic carbocycles. The molecule has 0 radical (unpaired) electrons. The van der Waals surface area contributed by atoms with Gasteiger partial charge in [-0.3, -0.25) is 9.97 Å². The fourth-order valence-electron chi connectivity index (χ4n) is 2.18. The van der Waals surface area contributed by atoms with Crippen LogP contribution in [0.4, 0.5) is 0 Å². The average molecular weight is 417 g/mol. The van der Waals surface area contributed by atoms with E-state index in [0.29, 0.717) is 11.0 Å². The molecule has 4 aromatic rings. The van der Waals surface area contributed by atoms with Gasteiger partial charge in [0, 0.05) is 29.3 Å². The third-order valence-electron chi connectivity index (χ3n) is 3.22. The zero-order valence-electron chi connectivity index (χ0n) is 15.6. The van der Waals surface area contributed by atoms with Gasteiger partial charge in [-0.15, -0.1) is 0 Å². The number of hydrogen-bond donors (Lipinski definition) is 3. The first-order chi connectivity index (χ1) is 13.5. The van der Waals surface area contributed by atoms with Crippen LogP contribution < -0.4 is 0 Å². The summed E-state index contributed by atoms with van der Waals surface area (Å²) in [4.78, 5) is 8.06. The van der Waals surface area contributed by atoms with E-state index in [1.54, 1.807) is 50.5 Å². The van der Waals surface area contributed by atoms with Crippen LogP contribution in [0.5, 0.6) is 11.5 Å². The molecule has 0 fully saturated rings. The van der Waals surface area contributed by atoms with E-state index >= 15 is 0 Å². The summed E-state index contributed by atoms with van der Waals surface area (Å²) in [6.45, 7) is 3.44. The molecule has 0 saturated carbocycles. The van der Waals surface area contributed by atoms with Crippen molar-refractivity contribution in [3.05, 3.63) is 73.1 Å². The van der Waals surface area contributed by atoms with Gasteiger partial charge in [0.15, 0.2) is 0 Å². The SMILES string of the molecule is CC(C)O.Oc1cccc2cccnc12.Oc1cccc2cccnc12.[O]=[V]. The number of nitrogens with zero attached hydrogens (tertiary/aromatic N) is 2. The number of phenolic OH excluding ortho intramolecular Hbond substituents is 2. The molecule has 0 saturated heterocycles. The van der Waals surface area contributed by atoms with Crippen LogP contribution in [0, 0.1) is 0 Å². The van der Waals surface area contributed by atoms with E-state index in [0.717, 1.165) is 28.1 Å². The number of phenols is 2. The summed E-state index contributed by atoms with van der Waals surface area (Å²) in [5, 5.41) is 28.6. The molecule has 28 heavy (non-hydrogen) atoms. The Morgan fingerprint density at radius 1 is 0.714 bits per heavy atom. The van der Waals surface area contributed by atoms with E-state index in [9.17, 15) is 10.2 Å². The van der Waals surface area contributed by atoms with E-state index in [1.165, 1.54) is 0 Å². The van der Waals surface area contributed by atoms with Gasteiger partial charge >= 0.3 is 21.0 Å². The van der Waals surface area contributed by atoms with Crippen LogP contribution in [0.2, 0.25) is 0 Å². The van der Waals surface area contributed by atoms with E-state index in [4.69, 9.17) is 8.78 Å². The number of para-hydroxylation sites is 2. The van der Waals surface area contributed by atoms with Crippen molar-refractivity contribution in [2.75, 3.05) is 0 Å². The Bertz CT molecular complexity index is 905. The van der Waals surface area contributed by atoms with Crippen molar-refractivity contribution < 1.29 is 36.4 Å². The molecule has 145 valence electrons. The van der Waals surface area contributed by atoms with Crippen molar-refractivity contribution >= 4 is 21.8 Å². The predicted octanol–water partition coefficient (Wildman–Crippen LogP) is 4.15. The molecule has 4 rings (SSSR count). The minimum atomic E-state index is -0.167. The molecular weight excluding hydrogens is 395 g/mol. The number of fused-ring (bicyclic) bond motifs is 2. The molecule has 0 bridgehead atoms. The zero-order valence-corrected chi connectivity index (χ0v) is 17.0.